The van der Waals surface area contributed by atoms with Gasteiger partial charge in [0.1, 0.15) is 23.3 Å². The Morgan fingerprint density at radius 2 is 1.77 bits per heavy atom. The van der Waals surface area contributed by atoms with Crippen LogP contribution in [0.4, 0.5) is 11.4 Å². The number of carbonyl (C=O) groups excluding carboxylic acids is 1. The van der Waals surface area contributed by atoms with Crippen LogP contribution in [0, 0.1) is 0 Å². The number of aromatic carboxylic acids is 1. The highest BCUT2D eigenvalue weighted by Gasteiger charge is 2.42. The highest BCUT2D eigenvalue weighted by atomic mass is 35.5. The van der Waals surface area contributed by atoms with Gasteiger partial charge in [0.15, 0.2) is 11.7 Å². The number of benzene rings is 3. The Hall–Kier alpha value is -5.19. The van der Waals surface area contributed by atoms with Gasteiger partial charge < -0.3 is 29.8 Å². The number of para-hydroxylation sites is 1. The highest BCUT2D eigenvalue weighted by Crippen LogP contribution is 2.43. The molecule has 2 atom stereocenters. The average molecular weight is 625 g/mol. The number of thiocarbonyl (C=S) groups is 1. The summed E-state index contributed by atoms with van der Waals surface area (Å²) < 4.78 is 11.9. The van der Waals surface area contributed by atoms with Crippen LogP contribution in [0.2, 0.25) is 5.02 Å². The zero-order chi connectivity index (χ0) is 30.6. The normalized spacial score (nSPS) is 15.9. The van der Waals surface area contributed by atoms with E-state index in [1.54, 1.807) is 36.5 Å². The van der Waals surface area contributed by atoms with Crippen LogP contribution in [0.1, 0.15) is 33.9 Å². The number of halogens is 1. The zero-order valence-electron chi connectivity index (χ0n) is 23.0. The Bertz CT molecular complexity index is 1820. The molecule has 220 valence electrons. The number of hydrogen-bond acceptors (Lipinski definition) is 6. The predicted molar refractivity (Wildman–Crippen MR) is 171 cm³/mol. The molecule has 0 radical (unpaired) electrons. The van der Waals surface area contributed by atoms with Crippen molar-refractivity contribution in [2.24, 2.45) is 0 Å². The third-order valence-corrected chi connectivity index (χ3v) is 7.68. The van der Waals surface area contributed by atoms with E-state index in [0.717, 1.165) is 11.4 Å². The first-order valence-electron chi connectivity index (χ1n) is 13.6. The van der Waals surface area contributed by atoms with E-state index in [-0.39, 0.29) is 24.1 Å². The summed E-state index contributed by atoms with van der Waals surface area (Å²) in [5, 5.41) is 16.5. The SMILES string of the molecule is O=C(COc1ccccc1)Nc1ccc(N2C(=S)N[C@@H](c3ccccn3)[C@@H]2c2ccc(-c3cc(C(=O)O)ccc3Cl)o2)cc1. The summed E-state index contributed by atoms with van der Waals surface area (Å²) in [6.45, 7) is -0.125. The number of amides is 1. The lowest BCUT2D eigenvalue weighted by Gasteiger charge is -2.26. The van der Waals surface area contributed by atoms with Gasteiger partial charge in [-0.05, 0) is 91.1 Å². The molecule has 0 unspecified atom stereocenters. The summed E-state index contributed by atoms with van der Waals surface area (Å²) in [7, 11) is 0. The third-order valence-electron chi connectivity index (χ3n) is 7.04. The number of hydrogen-bond donors (Lipinski definition) is 3. The Morgan fingerprint density at radius 1 is 1.00 bits per heavy atom. The Morgan fingerprint density at radius 3 is 2.50 bits per heavy atom. The minimum absolute atomic E-state index is 0.0952. The first kappa shape index (κ1) is 28.9. The fraction of sp³-hybridized carbons (Fsp3) is 0.0909. The second-order valence-electron chi connectivity index (χ2n) is 9.90. The van der Waals surface area contributed by atoms with E-state index in [4.69, 9.17) is 33.0 Å². The second kappa shape index (κ2) is 12.6. The molecule has 1 aliphatic rings. The van der Waals surface area contributed by atoms with Crippen LogP contribution >= 0.6 is 23.8 Å². The molecule has 3 N–H and O–H groups in total. The predicted octanol–water partition coefficient (Wildman–Crippen LogP) is 6.89. The summed E-state index contributed by atoms with van der Waals surface area (Å²) in [4.78, 5) is 30.5. The van der Waals surface area contributed by atoms with Crippen LogP contribution in [0.25, 0.3) is 11.3 Å². The van der Waals surface area contributed by atoms with Crippen LogP contribution in [0.15, 0.2) is 114 Å². The monoisotopic (exact) mass is 624 g/mol. The van der Waals surface area contributed by atoms with Crippen molar-refractivity contribution >= 4 is 52.2 Å². The van der Waals surface area contributed by atoms with Crippen molar-refractivity contribution in [3.8, 4) is 17.1 Å². The smallest absolute Gasteiger partial charge is 0.335 e. The summed E-state index contributed by atoms with van der Waals surface area (Å²) in [5.74, 6) is 0.239. The maximum atomic E-state index is 12.5. The van der Waals surface area contributed by atoms with Crippen molar-refractivity contribution in [3.05, 3.63) is 131 Å². The molecule has 3 aromatic carbocycles. The largest absolute Gasteiger partial charge is 0.484 e. The van der Waals surface area contributed by atoms with Gasteiger partial charge in [0, 0.05) is 23.1 Å². The molecule has 0 spiro atoms. The maximum Gasteiger partial charge on any atom is 0.335 e. The zero-order valence-corrected chi connectivity index (χ0v) is 24.6. The quantitative estimate of drug-likeness (QED) is 0.151. The van der Waals surface area contributed by atoms with Gasteiger partial charge in [-0.25, -0.2) is 4.79 Å². The van der Waals surface area contributed by atoms with Gasteiger partial charge in [-0.1, -0.05) is 35.9 Å². The van der Waals surface area contributed by atoms with E-state index in [1.165, 1.54) is 18.2 Å². The average Bonchev–Trinajstić information content (AvgIpc) is 3.66. The summed E-state index contributed by atoms with van der Waals surface area (Å²) in [5.41, 5.74) is 2.67. The fourth-order valence-electron chi connectivity index (χ4n) is 4.99. The number of carboxylic acid groups (broad SMARTS) is 1. The Labute approximate surface area is 263 Å². The molecular weight excluding hydrogens is 600 g/mol. The minimum Gasteiger partial charge on any atom is -0.484 e. The highest BCUT2D eigenvalue weighted by molar-refractivity contribution is 7.80. The van der Waals surface area contributed by atoms with Gasteiger partial charge in [0.25, 0.3) is 5.91 Å². The van der Waals surface area contributed by atoms with E-state index >= 15 is 0 Å². The van der Waals surface area contributed by atoms with Crippen molar-refractivity contribution in [2.45, 2.75) is 12.1 Å². The molecule has 0 aliphatic carbocycles. The minimum atomic E-state index is -1.07. The number of carbonyl (C=O) groups is 2. The van der Waals surface area contributed by atoms with Crippen LogP contribution < -0.4 is 20.3 Å². The number of aromatic nitrogens is 1. The van der Waals surface area contributed by atoms with Crippen molar-refractivity contribution in [1.82, 2.24) is 10.3 Å². The van der Waals surface area contributed by atoms with Crippen molar-refractivity contribution in [2.75, 3.05) is 16.8 Å². The van der Waals surface area contributed by atoms with Crippen LogP contribution in [0.3, 0.4) is 0 Å². The number of pyridine rings is 1. The summed E-state index contributed by atoms with van der Waals surface area (Å²) in [6, 6.07) is 29.3. The standard InChI is InChI=1S/C33H25ClN4O5S/c34-25-14-9-20(32(40)41)18-24(25)27-15-16-28(43-27)31-30(26-8-4-5-17-35-26)37-33(44)38(31)22-12-10-21(11-13-22)36-29(39)19-42-23-6-2-1-3-7-23/h1-18,30-31H,19H2,(H,36,39)(H,37,44)(H,40,41)/t30-,31-/m0/s1. The molecule has 11 heteroatoms. The number of carboxylic acids is 1. The van der Waals surface area contributed by atoms with E-state index in [9.17, 15) is 14.7 Å². The van der Waals surface area contributed by atoms with Crippen molar-refractivity contribution in [3.63, 3.8) is 0 Å². The summed E-state index contributed by atoms with van der Waals surface area (Å²) in [6.07, 6.45) is 1.71. The van der Waals surface area contributed by atoms with Crippen molar-refractivity contribution in [1.29, 1.82) is 0 Å². The third kappa shape index (κ3) is 6.12. The van der Waals surface area contributed by atoms with Crippen LogP contribution in [-0.2, 0) is 4.79 Å². The molecule has 6 rings (SSSR count). The lowest BCUT2D eigenvalue weighted by atomic mass is 10.0. The van der Waals surface area contributed by atoms with Crippen molar-refractivity contribution < 1.29 is 23.8 Å². The molecule has 1 amide bonds. The van der Waals surface area contributed by atoms with Gasteiger partial charge >= 0.3 is 5.97 Å². The second-order valence-corrected chi connectivity index (χ2v) is 10.7. The van der Waals surface area contributed by atoms with Gasteiger partial charge in [0.2, 0.25) is 0 Å². The number of furan rings is 1. The van der Waals surface area contributed by atoms with E-state index < -0.39 is 12.0 Å². The molecule has 0 bridgehead atoms. The molecule has 1 fully saturated rings. The van der Waals surface area contributed by atoms with Crippen LogP contribution in [0.5, 0.6) is 5.75 Å². The molecule has 1 saturated heterocycles. The van der Waals surface area contributed by atoms with Gasteiger partial charge in [-0.3, -0.25) is 9.78 Å². The molecule has 9 nitrogen and oxygen atoms in total. The fourth-order valence-corrected chi connectivity index (χ4v) is 5.55. The van der Waals surface area contributed by atoms with Crippen LogP contribution in [-0.4, -0.2) is 33.7 Å². The lowest BCUT2D eigenvalue weighted by Crippen LogP contribution is -2.29. The number of ether oxygens (including phenoxy) is 1. The summed E-state index contributed by atoms with van der Waals surface area (Å²) >= 11 is 12.2. The lowest BCUT2D eigenvalue weighted by molar-refractivity contribution is -0.118. The Balaban J connectivity index is 1.28. The maximum absolute atomic E-state index is 12.5. The van der Waals surface area contributed by atoms with Gasteiger partial charge in [0.05, 0.1) is 22.3 Å². The molecule has 1 aliphatic heterocycles. The first-order chi connectivity index (χ1) is 21.4. The number of anilines is 2. The number of nitrogens with zero attached hydrogens (tertiary/aromatic N) is 2. The van der Waals surface area contributed by atoms with Gasteiger partial charge in [-0.2, -0.15) is 0 Å². The molecule has 3 heterocycles. The molecular formula is C33H25ClN4O5S. The number of rotatable bonds is 9. The molecule has 2 aromatic heterocycles. The topological polar surface area (TPSA) is 117 Å². The van der Waals surface area contributed by atoms with E-state index in [1.807, 2.05) is 59.5 Å². The molecule has 0 saturated carbocycles. The number of nitrogens with one attached hydrogen (secondary N) is 2. The molecule has 44 heavy (non-hydrogen) atoms. The van der Waals surface area contributed by atoms with E-state index in [0.29, 0.717) is 38.7 Å². The Kier molecular flexibility index (Phi) is 8.27. The van der Waals surface area contributed by atoms with Gasteiger partial charge in [-0.15, -0.1) is 0 Å². The molecule has 5 aromatic rings. The first-order valence-corrected chi connectivity index (χ1v) is 14.4. The van der Waals surface area contributed by atoms with E-state index in [2.05, 4.69) is 15.6 Å².